The van der Waals surface area contributed by atoms with Gasteiger partial charge in [0.1, 0.15) is 0 Å². The van der Waals surface area contributed by atoms with E-state index in [2.05, 4.69) is 0 Å². The van der Waals surface area contributed by atoms with Crippen LogP contribution in [0.5, 0.6) is 0 Å². The van der Waals surface area contributed by atoms with Gasteiger partial charge in [-0.05, 0) is 54.8 Å². The molecule has 0 unspecified atom stereocenters. The number of unbranched alkanes of at least 4 members (excludes halogenated alkanes) is 9. The molecule has 6 heteroatoms. The van der Waals surface area contributed by atoms with Crippen molar-refractivity contribution >= 4 is 21.8 Å². The van der Waals surface area contributed by atoms with E-state index in [1.54, 1.807) is 0 Å². The van der Waals surface area contributed by atoms with Gasteiger partial charge < -0.3 is 5.11 Å². The smallest absolute Gasteiger partial charge is 0.389 e. The highest BCUT2D eigenvalue weighted by Crippen LogP contribution is 2.43. The largest absolute Gasteiger partial charge is 0.396 e. The fourth-order valence-electron chi connectivity index (χ4n) is 2.87. The lowest BCUT2D eigenvalue weighted by molar-refractivity contribution is -0.129. The number of halogens is 3. The topological polar surface area (TPSA) is 20.2 Å². The molecular weight excluding hydrogens is 377 g/mol. The average molecular weight is 419 g/mol. The first-order chi connectivity index (χ1) is 12.3. The standard InChI is InChI=1S/C20H41F3OS2/c1-26(2,19-14-20(21,22)23)18-12-10-8-6-4-3-5-7-9-11-16-25-17-13-15-24/h24H,3-19H2,1-2H3. The molecule has 0 spiro atoms. The van der Waals surface area contributed by atoms with Crippen LogP contribution in [0.4, 0.5) is 13.2 Å². The van der Waals surface area contributed by atoms with E-state index in [4.69, 9.17) is 5.11 Å². The molecule has 0 aliphatic carbocycles. The molecule has 1 N–H and O–H groups in total. The highest BCUT2D eigenvalue weighted by Gasteiger charge is 2.29. The molecule has 0 radical (unpaired) electrons. The van der Waals surface area contributed by atoms with Crippen molar-refractivity contribution in [2.24, 2.45) is 0 Å². The predicted molar refractivity (Wildman–Crippen MR) is 115 cm³/mol. The minimum absolute atomic E-state index is 0.310. The van der Waals surface area contributed by atoms with Gasteiger partial charge >= 0.3 is 6.18 Å². The minimum Gasteiger partial charge on any atom is -0.396 e. The van der Waals surface area contributed by atoms with Crippen LogP contribution in [0.25, 0.3) is 0 Å². The summed E-state index contributed by atoms with van der Waals surface area (Å²) in [7, 11) is -1.07. The van der Waals surface area contributed by atoms with Gasteiger partial charge in [-0.15, -0.1) is 0 Å². The lowest BCUT2D eigenvalue weighted by Gasteiger charge is -2.31. The molecule has 0 aromatic rings. The van der Waals surface area contributed by atoms with Gasteiger partial charge in [0, 0.05) is 6.61 Å². The zero-order chi connectivity index (χ0) is 19.7. The number of rotatable bonds is 18. The van der Waals surface area contributed by atoms with Crippen LogP contribution < -0.4 is 0 Å². The van der Waals surface area contributed by atoms with Crippen molar-refractivity contribution in [1.29, 1.82) is 0 Å². The van der Waals surface area contributed by atoms with Crippen LogP contribution in [0, 0.1) is 0 Å². The summed E-state index contributed by atoms with van der Waals surface area (Å²) in [5.74, 6) is 3.62. The number of aliphatic hydroxyl groups is 1. The van der Waals surface area contributed by atoms with Gasteiger partial charge in [-0.1, -0.05) is 51.4 Å². The predicted octanol–water partition coefficient (Wildman–Crippen LogP) is 7.02. The van der Waals surface area contributed by atoms with Crippen molar-refractivity contribution in [2.45, 2.75) is 83.2 Å². The van der Waals surface area contributed by atoms with E-state index in [0.717, 1.165) is 24.3 Å². The molecule has 0 amide bonds. The first-order valence-electron chi connectivity index (χ1n) is 10.2. The van der Waals surface area contributed by atoms with Gasteiger partial charge in [-0.2, -0.15) is 24.9 Å². The van der Waals surface area contributed by atoms with Gasteiger partial charge in [0.15, 0.2) is 0 Å². The molecule has 0 aromatic carbocycles. The Kier molecular flexibility index (Phi) is 16.7. The SMILES string of the molecule is CS(C)(CCCCCCCCCCCCSCCCO)CCC(F)(F)F. The Morgan fingerprint density at radius 3 is 1.65 bits per heavy atom. The first kappa shape index (κ1) is 26.4. The molecule has 0 fully saturated rings. The molecular formula is C20H41F3OS2. The van der Waals surface area contributed by atoms with E-state index in [1.807, 2.05) is 24.3 Å². The Bertz CT molecular complexity index is 310. The van der Waals surface area contributed by atoms with Crippen molar-refractivity contribution in [2.75, 3.05) is 42.1 Å². The third-order valence-corrected chi connectivity index (χ3v) is 8.48. The number of thioether (sulfide) groups is 1. The van der Waals surface area contributed by atoms with E-state index in [-0.39, 0.29) is 0 Å². The second-order valence-electron chi connectivity index (χ2n) is 7.77. The van der Waals surface area contributed by atoms with E-state index in [9.17, 15) is 13.2 Å². The molecule has 0 saturated carbocycles. The van der Waals surface area contributed by atoms with Gasteiger partial charge in [-0.3, -0.25) is 0 Å². The Balaban J connectivity index is 3.28. The summed E-state index contributed by atoms with van der Waals surface area (Å²) in [6.45, 7) is 0.310. The summed E-state index contributed by atoms with van der Waals surface area (Å²) in [5, 5.41) is 8.69. The van der Waals surface area contributed by atoms with Crippen LogP contribution in [0.3, 0.4) is 0 Å². The molecule has 0 saturated heterocycles. The van der Waals surface area contributed by atoms with Crippen LogP contribution in [0.15, 0.2) is 0 Å². The summed E-state index contributed by atoms with van der Waals surface area (Å²) in [6, 6.07) is 0. The molecule has 0 heterocycles. The van der Waals surface area contributed by atoms with Crippen LogP contribution >= 0.6 is 21.8 Å². The lowest BCUT2D eigenvalue weighted by Crippen LogP contribution is -2.15. The molecule has 1 nitrogen and oxygen atoms in total. The summed E-state index contributed by atoms with van der Waals surface area (Å²) < 4.78 is 36.9. The van der Waals surface area contributed by atoms with Crippen molar-refractivity contribution < 1.29 is 18.3 Å². The van der Waals surface area contributed by atoms with E-state index < -0.39 is 22.6 Å². The molecule has 160 valence electrons. The molecule has 0 rings (SSSR count). The third kappa shape index (κ3) is 20.8. The van der Waals surface area contributed by atoms with Crippen molar-refractivity contribution in [3.05, 3.63) is 0 Å². The van der Waals surface area contributed by atoms with Crippen molar-refractivity contribution in [3.8, 4) is 0 Å². The fourth-order valence-corrected chi connectivity index (χ4v) is 5.79. The Morgan fingerprint density at radius 2 is 1.15 bits per heavy atom. The second kappa shape index (κ2) is 16.4. The summed E-state index contributed by atoms with van der Waals surface area (Å²) in [4.78, 5) is 0. The maximum absolute atomic E-state index is 12.3. The summed E-state index contributed by atoms with van der Waals surface area (Å²) >= 11 is 1.95. The lowest BCUT2D eigenvalue weighted by atomic mass is 10.1. The molecule has 26 heavy (non-hydrogen) atoms. The summed E-state index contributed by atoms with van der Waals surface area (Å²) in [5.41, 5.74) is 0. The Morgan fingerprint density at radius 1 is 0.692 bits per heavy atom. The zero-order valence-electron chi connectivity index (χ0n) is 16.9. The first-order valence-corrected chi connectivity index (χ1v) is 14.2. The summed E-state index contributed by atoms with van der Waals surface area (Å²) in [6.07, 6.45) is 13.1. The zero-order valence-corrected chi connectivity index (χ0v) is 18.6. The number of aliphatic hydroxyl groups excluding tert-OH is 1. The number of alkyl halides is 3. The Hall–Kier alpha value is 0.450. The molecule has 0 aliphatic rings. The highest BCUT2D eigenvalue weighted by atomic mass is 32.3. The second-order valence-corrected chi connectivity index (χ2v) is 13.3. The van der Waals surface area contributed by atoms with Gasteiger partial charge in [0.05, 0.1) is 6.42 Å². The van der Waals surface area contributed by atoms with Gasteiger partial charge in [0.25, 0.3) is 0 Å². The number of hydrogen-bond acceptors (Lipinski definition) is 2. The van der Waals surface area contributed by atoms with E-state index in [0.29, 0.717) is 12.4 Å². The third-order valence-electron chi connectivity index (χ3n) is 4.62. The van der Waals surface area contributed by atoms with Crippen molar-refractivity contribution in [1.82, 2.24) is 0 Å². The fraction of sp³-hybridized carbons (Fsp3) is 1.00. The van der Waals surface area contributed by atoms with Gasteiger partial charge in [-0.25, -0.2) is 10.0 Å². The quantitative estimate of drug-likeness (QED) is 0.241. The Labute approximate surface area is 165 Å². The molecule has 0 atom stereocenters. The van der Waals surface area contributed by atoms with Crippen molar-refractivity contribution in [3.63, 3.8) is 0 Å². The van der Waals surface area contributed by atoms with Crippen LogP contribution in [-0.2, 0) is 0 Å². The highest BCUT2D eigenvalue weighted by molar-refractivity contribution is 8.32. The monoisotopic (exact) mass is 418 g/mol. The van der Waals surface area contributed by atoms with Gasteiger partial charge in [0.2, 0.25) is 0 Å². The average Bonchev–Trinajstić information content (AvgIpc) is 2.56. The van der Waals surface area contributed by atoms with E-state index in [1.165, 1.54) is 63.5 Å². The molecule has 0 aromatic heterocycles. The van der Waals surface area contributed by atoms with E-state index >= 15 is 0 Å². The molecule has 0 bridgehead atoms. The van der Waals surface area contributed by atoms with Crippen LogP contribution in [0.2, 0.25) is 0 Å². The maximum Gasteiger partial charge on any atom is 0.389 e. The normalized spacial score (nSPS) is 13.3. The maximum atomic E-state index is 12.3. The van der Waals surface area contributed by atoms with Crippen LogP contribution in [0.1, 0.15) is 77.0 Å². The molecule has 0 aliphatic heterocycles. The minimum atomic E-state index is -4.00. The van der Waals surface area contributed by atoms with Crippen LogP contribution in [-0.4, -0.2) is 53.4 Å². The number of hydrogen-bond donors (Lipinski definition) is 1.